The van der Waals surface area contributed by atoms with Gasteiger partial charge in [-0.2, -0.15) is 13.2 Å². The molecule has 0 fully saturated rings. The molecule has 126 valence electrons. The summed E-state index contributed by atoms with van der Waals surface area (Å²) in [5.74, 6) is 0. The maximum Gasteiger partial charge on any atom is 0.485 e. The first-order valence-corrected chi connectivity index (χ1v) is 7.56. The van der Waals surface area contributed by atoms with Gasteiger partial charge in [0.15, 0.2) is 10.1 Å². The highest BCUT2D eigenvalue weighted by Gasteiger charge is 2.36. The van der Waals surface area contributed by atoms with Crippen molar-refractivity contribution in [1.29, 1.82) is 0 Å². The van der Waals surface area contributed by atoms with Gasteiger partial charge in [0.2, 0.25) is 0 Å². The standard InChI is InChI=1S/C9H19N2OS.CHF3O3S/c1-11(2,6-4-8-12-3)7-5-10-9-13;2-1(3,4)8(5,6)7/h4-8H2,1-3H3;(H,5,6,7)/q+1;/p-1. The quantitative estimate of drug-likeness (QED) is 0.172. The summed E-state index contributed by atoms with van der Waals surface area (Å²) in [6, 6.07) is 0. The largest absolute Gasteiger partial charge is 0.741 e. The van der Waals surface area contributed by atoms with Gasteiger partial charge >= 0.3 is 5.51 Å². The summed E-state index contributed by atoms with van der Waals surface area (Å²) < 4.78 is 64.9. The Morgan fingerprint density at radius 3 is 2.14 bits per heavy atom. The monoisotopic (exact) mass is 352 g/mol. The Hall–Kier alpha value is -0.580. The smallest absolute Gasteiger partial charge is 0.485 e. The average molecular weight is 352 g/mol. The number of isothiocyanates is 1. The van der Waals surface area contributed by atoms with E-state index in [1.165, 1.54) is 0 Å². The van der Waals surface area contributed by atoms with Crippen molar-refractivity contribution in [3.8, 4) is 0 Å². The molecular formula is C10H19F3N2O4S2. The Labute approximate surface area is 127 Å². The zero-order valence-corrected chi connectivity index (χ0v) is 13.6. The molecular weight excluding hydrogens is 333 g/mol. The van der Waals surface area contributed by atoms with Gasteiger partial charge < -0.3 is 13.8 Å². The van der Waals surface area contributed by atoms with Gasteiger partial charge in [0.1, 0.15) is 0 Å². The molecule has 21 heavy (non-hydrogen) atoms. The molecule has 0 aromatic rings. The Balaban J connectivity index is 0. The van der Waals surface area contributed by atoms with Crippen LogP contribution in [0.15, 0.2) is 4.99 Å². The lowest BCUT2D eigenvalue weighted by molar-refractivity contribution is -0.889. The van der Waals surface area contributed by atoms with Crippen molar-refractivity contribution in [2.45, 2.75) is 11.9 Å². The molecule has 0 bridgehead atoms. The zero-order valence-electron chi connectivity index (χ0n) is 12.0. The molecule has 0 aliphatic rings. The summed E-state index contributed by atoms with van der Waals surface area (Å²) in [5.41, 5.74) is -5.65. The number of aliphatic imine (C=N–C) groups is 1. The molecule has 0 saturated heterocycles. The van der Waals surface area contributed by atoms with E-state index in [1.807, 2.05) is 0 Å². The number of hydrogen-bond donors (Lipinski definition) is 0. The van der Waals surface area contributed by atoms with Crippen LogP contribution in [0.3, 0.4) is 0 Å². The van der Waals surface area contributed by atoms with Crippen molar-refractivity contribution in [2.24, 2.45) is 4.99 Å². The van der Waals surface area contributed by atoms with Crippen LogP contribution >= 0.6 is 12.2 Å². The first-order chi connectivity index (χ1) is 9.37. The van der Waals surface area contributed by atoms with E-state index < -0.39 is 15.6 Å². The molecule has 0 radical (unpaired) electrons. The maximum absolute atomic E-state index is 10.7. The highest BCUT2D eigenvalue weighted by atomic mass is 32.2. The summed E-state index contributed by atoms with van der Waals surface area (Å²) in [7, 11) is 0.0204. The van der Waals surface area contributed by atoms with E-state index in [1.54, 1.807) is 7.11 Å². The molecule has 0 atom stereocenters. The molecule has 0 aliphatic carbocycles. The number of halogens is 3. The fourth-order valence-corrected chi connectivity index (χ4v) is 1.21. The normalized spacial score (nSPS) is 12.1. The summed E-state index contributed by atoms with van der Waals surface area (Å²) in [4.78, 5) is 3.90. The minimum Gasteiger partial charge on any atom is -0.741 e. The Bertz CT molecular complexity index is 432. The van der Waals surface area contributed by atoms with Crippen LogP contribution in [-0.4, -0.2) is 75.6 Å². The van der Waals surface area contributed by atoms with Gasteiger partial charge in [0.05, 0.1) is 45.5 Å². The molecule has 0 rings (SSSR count). The number of hydrogen-bond acceptors (Lipinski definition) is 6. The van der Waals surface area contributed by atoms with Crippen LogP contribution in [0.1, 0.15) is 6.42 Å². The van der Waals surface area contributed by atoms with Gasteiger partial charge in [-0.15, -0.1) is 0 Å². The number of thiocarbonyl (C=S) groups is 1. The lowest BCUT2D eigenvalue weighted by Crippen LogP contribution is -2.42. The second kappa shape index (κ2) is 10.2. The highest BCUT2D eigenvalue weighted by Crippen LogP contribution is 2.20. The van der Waals surface area contributed by atoms with Crippen molar-refractivity contribution in [1.82, 2.24) is 0 Å². The Kier molecular flexibility index (Phi) is 11.0. The van der Waals surface area contributed by atoms with Gasteiger partial charge in [0.25, 0.3) is 0 Å². The van der Waals surface area contributed by atoms with Gasteiger partial charge in [-0.25, -0.2) is 13.4 Å². The fourth-order valence-electron chi connectivity index (χ4n) is 1.12. The molecule has 11 heteroatoms. The van der Waals surface area contributed by atoms with Crippen molar-refractivity contribution in [2.75, 3.05) is 47.4 Å². The van der Waals surface area contributed by atoms with Gasteiger partial charge in [-0.3, -0.25) is 0 Å². The highest BCUT2D eigenvalue weighted by molar-refractivity contribution is 7.86. The first kappa shape index (κ1) is 22.7. The van der Waals surface area contributed by atoms with Crippen LogP contribution in [-0.2, 0) is 14.9 Å². The average Bonchev–Trinajstić information content (AvgIpc) is 2.27. The van der Waals surface area contributed by atoms with E-state index in [-0.39, 0.29) is 0 Å². The van der Waals surface area contributed by atoms with Crippen LogP contribution < -0.4 is 0 Å². The van der Waals surface area contributed by atoms with Crippen molar-refractivity contribution >= 4 is 27.5 Å². The first-order valence-electron chi connectivity index (χ1n) is 5.74. The van der Waals surface area contributed by atoms with E-state index in [2.05, 4.69) is 36.5 Å². The number of rotatable bonds is 7. The van der Waals surface area contributed by atoms with E-state index >= 15 is 0 Å². The van der Waals surface area contributed by atoms with Gasteiger partial charge in [0, 0.05) is 13.5 Å². The van der Waals surface area contributed by atoms with Crippen LogP contribution in [0.5, 0.6) is 0 Å². The summed E-state index contributed by atoms with van der Waals surface area (Å²) in [5, 5.41) is 2.38. The third-order valence-corrected chi connectivity index (χ3v) is 2.97. The van der Waals surface area contributed by atoms with E-state index in [9.17, 15) is 13.2 Å². The maximum atomic E-state index is 10.7. The summed E-state index contributed by atoms with van der Waals surface area (Å²) in [6.07, 6.45) is 1.09. The molecule has 0 spiro atoms. The number of nitrogens with zero attached hydrogens (tertiary/aromatic N) is 2. The van der Waals surface area contributed by atoms with Crippen LogP contribution in [0.4, 0.5) is 13.2 Å². The molecule has 6 nitrogen and oxygen atoms in total. The fraction of sp³-hybridized carbons (Fsp3) is 0.900. The number of quaternary nitrogens is 1. The van der Waals surface area contributed by atoms with E-state index in [0.29, 0.717) is 0 Å². The summed E-state index contributed by atoms with van der Waals surface area (Å²) >= 11 is 4.50. The molecule has 0 N–H and O–H groups in total. The summed E-state index contributed by atoms with van der Waals surface area (Å²) in [6.45, 7) is 3.72. The van der Waals surface area contributed by atoms with Crippen LogP contribution in [0, 0.1) is 0 Å². The van der Waals surface area contributed by atoms with Crippen LogP contribution in [0.2, 0.25) is 0 Å². The zero-order chi connectivity index (χ0) is 17.2. The third kappa shape index (κ3) is 14.1. The van der Waals surface area contributed by atoms with Gasteiger partial charge in [-0.1, -0.05) is 0 Å². The molecule has 0 unspecified atom stereocenters. The molecule has 0 saturated carbocycles. The predicted molar refractivity (Wildman–Crippen MR) is 74.0 cm³/mol. The predicted octanol–water partition coefficient (Wildman–Crippen LogP) is 1.25. The van der Waals surface area contributed by atoms with Crippen molar-refractivity contribution < 1.29 is 35.4 Å². The Morgan fingerprint density at radius 1 is 1.33 bits per heavy atom. The minimum atomic E-state index is -6.09. The SMILES string of the molecule is COCCC[N+](C)(C)CCN=C=S.O=S(=O)([O-])C(F)(F)F. The molecule has 0 aromatic heterocycles. The number of alkyl halides is 3. The third-order valence-electron chi connectivity index (χ3n) is 2.28. The lowest BCUT2D eigenvalue weighted by Gasteiger charge is -2.28. The minimum absolute atomic E-state index is 0.767. The topological polar surface area (TPSA) is 78.8 Å². The number of methoxy groups -OCH3 is 1. The molecule has 0 aromatic carbocycles. The Morgan fingerprint density at radius 2 is 1.81 bits per heavy atom. The molecule has 0 heterocycles. The number of ether oxygens (including phenoxy) is 1. The van der Waals surface area contributed by atoms with Crippen molar-refractivity contribution in [3.63, 3.8) is 0 Å². The second-order valence-electron chi connectivity index (χ2n) is 4.60. The number of likely N-dealkylation sites (N-methyl/N-ethyl adjacent to an activating group) is 1. The van der Waals surface area contributed by atoms with Crippen molar-refractivity contribution in [3.05, 3.63) is 0 Å². The second-order valence-corrected chi connectivity index (χ2v) is 6.16. The lowest BCUT2D eigenvalue weighted by atomic mass is 10.3. The van der Waals surface area contributed by atoms with E-state index in [0.717, 1.165) is 37.1 Å². The van der Waals surface area contributed by atoms with Crippen LogP contribution in [0.25, 0.3) is 0 Å². The molecule has 0 amide bonds. The molecule has 0 aliphatic heterocycles. The van der Waals surface area contributed by atoms with Gasteiger partial charge in [-0.05, 0) is 12.2 Å². The van der Waals surface area contributed by atoms with E-state index in [4.69, 9.17) is 17.7 Å².